The van der Waals surface area contributed by atoms with Crippen molar-refractivity contribution in [1.29, 1.82) is 0 Å². The second kappa shape index (κ2) is 9.40. The lowest BCUT2D eigenvalue weighted by atomic mass is 10.1. The molecule has 2 rings (SSSR count). The van der Waals surface area contributed by atoms with Gasteiger partial charge in [-0.05, 0) is 43.4 Å². The van der Waals surface area contributed by atoms with E-state index in [1.54, 1.807) is 4.90 Å². The number of nitrogens with one attached hydrogen (secondary N) is 1. The number of hydrogen-bond acceptors (Lipinski definition) is 3. The van der Waals surface area contributed by atoms with Gasteiger partial charge in [-0.2, -0.15) is 0 Å². The molecule has 1 saturated heterocycles. The molecule has 0 bridgehead atoms. The summed E-state index contributed by atoms with van der Waals surface area (Å²) < 4.78 is 0. The zero-order valence-corrected chi connectivity index (χ0v) is 14.4. The highest BCUT2D eigenvalue weighted by molar-refractivity contribution is 5.88. The average Bonchev–Trinajstić information content (AvgIpc) is 2.99. The fraction of sp³-hybridized carbons (Fsp3) is 0.529. The van der Waals surface area contributed by atoms with Crippen LogP contribution in [0.2, 0.25) is 0 Å². The Hall–Kier alpha value is -1.75. The predicted molar refractivity (Wildman–Crippen MR) is 94.5 cm³/mol. The van der Waals surface area contributed by atoms with E-state index in [-0.39, 0.29) is 30.3 Å². The highest BCUT2D eigenvalue weighted by Gasteiger charge is 2.33. The lowest BCUT2D eigenvalue weighted by molar-refractivity contribution is -0.138. The Morgan fingerprint density at radius 2 is 2.00 bits per heavy atom. The van der Waals surface area contributed by atoms with Crippen molar-refractivity contribution in [2.24, 2.45) is 0 Å². The molecule has 5 nitrogen and oxygen atoms in total. The molecule has 2 amide bonds. The molecule has 1 aromatic rings. The van der Waals surface area contributed by atoms with Gasteiger partial charge in [0.1, 0.15) is 6.04 Å². The van der Waals surface area contributed by atoms with Crippen molar-refractivity contribution in [3.05, 3.63) is 29.8 Å². The zero-order chi connectivity index (χ0) is 15.9. The van der Waals surface area contributed by atoms with Gasteiger partial charge in [-0.15, -0.1) is 12.4 Å². The van der Waals surface area contributed by atoms with Gasteiger partial charge < -0.3 is 16.0 Å². The predicted octanol–water partition coefficient (Wildman–Crippen LogP) is 2.14. The first-order valence-electron chi connectivity index (χ1n) is 8.03. The monoisotopic (exact) mass is 339 g/mol. The SMILES string of the molecule is CCCC(=O)N1CCCC1C(=O)NCCc1ccc(N)cc1.Cl. The average molecular weight is 340 g/mol. The lowest BCUT2D eigenvalue weighted by Crippen LogP contribution is -2.46. The van der Waals surface area contributed by atoms with Gasteiger partial charge >= 0.3 is 0 Å². The van der Waals surface area contributed by atoms with Gasteiger partial charge in [-0.1, -0.05) is 19.1 Å². The fourth-order valence-corrected chi connectivity index (χ4v) is 2.83. The molecule has 1 aromatic carbocycles. The van der Waals surface area contributed by atoms with Crippen molar-refractivity contribution >= 4 is 29.9 Å². The molecule has 1 aliphatic rings. The van der Waals surface area contributed by atoms with Crippen molar-refractivity contribution in [1.82, 2.24) is 10.2 Å². The van der Waals surface area contributed by atoms with Crippen LogP contribution in [-0.4, -0.2) is 35.8 Å². The molecule has 3 N–H and O–H groups in total. The molecule has 0 radical (unpaired) electrons. The zero-order valence-electron chi connectivity index (χ0n) is 13.6. The number of benzene rings is 1. The Kier molecular flexibility index (Phi) is 7.89. The van der Waals surface area contributed by atoms with Gasteiger partial charge in [0.2, 0.25) is 11.8 Å². The Balaban J connectivity index is 0.00000264. The molecular weight excluding hydrogens is 314 g/mol. The number of hydrogen-bond donors (Lipinski definition) is 2. The molecule has 0 saturated carbocycles. The Morgan fingerprint density at radius 1 is 1.30 bits per heavy atom. The maximum absolute atomic E-state index is 12.3. The normalized spacial score (nSPS) is 16.7. The molecule has 6 heteroatoms. The molecular formula is C17H26ClN3O2. The van der Waals surface area contributed by atoms with Crippen LogP contribution >= 0.6 is 12.4 Å². The maximum Gasteiger partial charge on any atom is 0.242 e. The second-order valence-electron chi connectivity index (χ2n) is 5.78. The van der Waals surface area contributed by atoms with Crippen molar-refractivity contribution < 1.29 is 9.59 Å². The Labute approximate surface area is 144 Å². The third-order valence-corrected chi connectivity index (χ3v) is 4.03. The van der Waals surface area contributed by atoms with Crippen molar-refractivity contribution in [3.63, 3.8) is 0 Å². The van der Waals surface area contributed by atoms with E-state index in [1.807, 2.05) is 31.2 Å². The molecule has 1 unspecified atom stereocenters. The van der Waals surface area contributed by atoms with Crippen LogP contribution in [-0.2, 0) is 16.0 Å². The van der Waals surface area contributed by atoms with Gasteiger partial charge in [-0.25, -0.2) is 0 Å². The maximum atomic E-state index is 12.3. The number of halogens is 1. The summed E-state index contributed by atoms with van der Waals surface area (Å²) in [5.74, 6) is 0.0658. The quantitative estimate of drug-likeness (QED) is 0.780. The van der Waals surface area contributed by atoms with E-state index in [4.69, 9.17) is 5.73 Å². The standard InChI is InChI=1S/C17H25N3O2.ClH/c1-2-4-16(21)20-12-3-5-15(20)17(22)19-11-10-13-6-8-14(18)9-7-13;/h6-9,15H,2-5,10-12,18H2,1H3,(H,19,22);1H. The van der Waals surface area contributed by atoms with Crippen molar-refractivity contribution in [3.8, 4) is 0 Å². The fourth-order valence-electron chi connectivity index (χ4n) is 2.83. The topological polar surface area (TPSA) is 75.4 Å². The summed E-state index contributed by atoms with van der Waals surface area (Å²) >= 11 is 0. The molecule has 0 aromatic heterocycles. The molecule has 0 aliphatic carbocycles. The minimum atomic E-state index is -0.287. The first-order valence-corrected chi connectivity index (χ1v) is 8.03. The minimum Gasteiger partial charge on any atom is -0.399 e. The molecule has 1 heterocycles. The van der Waals surface area contributed by atoms with E-state index in [9.17, 15) is 9.59 Å². The highest BCUT2D eigenvalue weighted by Crippen LogP contribution is 2.19. The Bertz CT molecular complexity index is 519. The van der Waals surface area contributed by atoms with E-state index in [0.29, 0.717) is 19.5 Å². The van der Waals surface area contributed by atoms with Crippen LogP contribution in [0.1, 0.15) is 38.2 Å². The molecule has 1 aliphatic heterocycles. The number of nitrogen functional groups attached to an aromatic ring is 1. The minimum absolute atomic E-state index is 0. The van der Waals surface area contributed by atoms with Crippen LogP contribution in [0.5, 0.6) is 0 Å². The smallest absolute Gasteiger partial charge is 0.242 e. The van der Waals surface area contributed by atoms with Crippen molar-refractivity contribution in [2.75, 3.05) is 18.8 Å². The van der Waals surface area contributed by atoms with Crippen molar-refractivity contribution in [2.45, 2.75) is 45.1 Å². The number of likely N-dealkylation sites (tertiary alicyclic amines) is 1. The first kappa shape index (κ1) is 19.3. The molecule has 1 atom stereocenters. The summed E-state index contributed by atoms with van der Waals surface area (Å²) in [6, 6.07) is 7.37. The molecule has 1 fully saturated rings. The Morgan fingerprint density at radius 3 is 2.65 bits per heavy atom. The number of nitrogens with zero attached hydrogens (tertiary/aromatic N) is 1. The van der Waals surface area contributed by atoms with Gasteiger partial charge in [0.05, 0.1) is 0 Å². The van der Waals surface area contributed by atoms with Crippen LogP contribution in [0.3, 0.4) is 0 Å². The van der Waals surface area contributed by atoms with Gasteiger partial charge in [0.25, 0.3) is 0 Å². The number of amides is 2. The van der Waals surface area contributed by atoms with Crippen LogP contribution < -0.4 is 11.1 Å². The van der Waals surface area contributed by atoms with Gasteiger partial charge in [0, 0.05) is 25.2 Å². The summed E-state index contributed by atoms with van der Waals surface area (Å²) in [6.07, 6.45) is 3.78. The van der Waals surface area contributed by atoms with E-state index in [1.165, 1.54) is 0 Å². The third kappa shape index (κ3) is 5.43. The number of nitrogens with two attached hydrogens (primary N) is 1. The highest BCUT2D eigenvalue weighted by atomic mass is 35.5. The van der Waals surface area contributed by atoms with Crippen LogP contribution in [0.25, 0.3) is 0 Å². The van der Waals surface area contributed by atoms with Gasteiger partial charge in [0.15, 0.2) is 0 Å². The number of carbonyl (C=O) groups excluding carboxylic acids is 2. The molecule has 128 valence electrons. The van der Waals surface area contributed by atoms with Crippen LogP contribution in [0, 0.1) is 0 Å². The third-order valence-electron chi connectivity index (χ3n) is 4.03. The number of rotatable bonds is 6. The molecule has 23 heavy (non-hydrogen) atoms. The van der Waals surface area contributed by atoms with Crippen LogP contribution in [0.15, 0.2) is 24.3 Å². The first-order chi connectivity index (χ1) is 10.6. The van der Waals surface area contributed by atoms with E-state index in [2.05, 4.69) is 5.32 Å². The molecule has 0 spiro atoms. The summed E-state index contributed by atoms with van der Waals surface area (Å²) in [6.45, 7) is 3.26. The largest absolute Gasteiger partial charge is 0.399 e. The lowest BCUT2D eigenvalue weighted by Gasteiger charge is -2.23. The van der Waals surface area contributed by atoms with E-state index < -0.39 is 0 Å². The summed E-state index contributed by atoms with van der Waals surface area (Å²) in [5, 5.41) is 2.95. The summed E-state index contributed by atoms with van der Waals surface area (Å²) in [7, 11) is 0. The van der Waals surface area contributed by atoms with E-state index >= 15 is 0 Å². The van der Waals surface area contributed by atoms with Crippen LogP contribution in [0.4, 0.5) is 5.69 Å². The van der Waals surface area contributed by atoms with Gasteiger partial charge in [-0.3, -0.25) is 9.59 Å². The second-order valence-corrected chi connectivity index (χ2v) is 5.78. The summed E-state index contributed by atoms with van der Waals surface area (Å²) in [4.78, 5) is 26.0. The van der Waals surface area contributed by atoms with E-state index in [0.717, 1.165) is 36.9 Å². The summed E-state index contributed by atoms with van der Waals surface area (Å²) in [5.41, 5.74) is 7.53. The number of carbonyl (C=O) groups is 2. The number of anilines is 1.